The molecule has 7 rings (SSSR count). The third-order valence-electron chi connectivity index (χ3n) is 7.77. The van der Waals surface area contributed by atoms with Crippen LogP contribution in [0.15, 0.2) is 112 Å². The third kappa shape index (κ3) is 5.08. The van der Waals surface area contributed by atoms with Crippen LogP contribution in [-0.2, 0) is 13.0 Å². The van der Waals surface area contributed by atoms with Gasteiger partial charge in [-0.15, -0.1) is 0 Å². The van der Waals surface area contributed by atoms with Gasteiger partial charge in [-0.05, 0) is 83.1 Å². The summed E-state index contributed by atoms with van der Waals surface area (Å²) in [6.07, 6.45) is 3.44. The number of nitro groups is 1. The van der Waals surface area contributed by atoms with Crippen molar-refractivity contribution >= 4 is 28.8 Å². The highest BCUT2D eigenvalue weighted by molar-refractivity contribution is 7.07. The molecule has 9 heteroatoms. The molecule has 0 bridgehead atoms. The summed E-state index contributed by atoms with van der Waals surface area (Å²) in [5.74, 6) is 0.283. The molecule has 0 saturated carbocycles. The number of rotatable bonds is 6. The van der Waals surface area contributed by atoms with Gasteiger partial charge in [0, 0.05) is 17.7 Å². The van der Waals surface area contributed by atoms with Crippen molar-refractivity contribution in [2.75, 3.05) is 0 Å². The normalized spacial score (nSPS) is 15.7. The summed E-state index contributed by atoms with van der Waals surface area (Å²) in [6.45, 7) is 0.244. The lowest BCUT2D eigenvalue weighted by Gasteiger charge is -2.30. The van der Waals surface area contributed by atoms with Gasteiger partial charge in [-0.1, -0.05) is 59.9 Å². The highest BCUT2D eigenvalue weighted by Crippen LogP contribution is 2.41. The van der Waals surface area contributed by atoms with Crippen molar-refractivity contribution in [3.05, 3.63) is 166 Å². The zero-order valence-electron chi connectivity index (χ0n) is 22.8. The van der Waals surface area contributed by atoms with Gasteiger partial charge < -0.3 is 4.74 Å². The maximum Gasteiger partial charge on any atom is 0.271 e. The lowest BCUT2D eigenvalue weighted by Crippen LogP contribution is -2.38. The number of non-ortho nitro benzene ring substituents is 1. The fourth-order valence-corrected chi connectivity index (χ4v) is 6.69. The van der Waals surface area contributed by atoms with Crippen LogP contribution in [0, 0.1) is 15.9 Å². The number of aryl methyl sites for hydroxylation is 1. The summed E-state index contributed by atoms with van der Waals surface area (Å²) in [7, 11) is 0. The van der Waals surface area contributed by atoms with E-state index >= 15 is 0 Å². The smallest absolute Gasteiger partial charge is 0.271 e. The molecule has 1 aliphatic heterocycles. The minimum Gasteiger partial charge on any atom is -0.489 e. The van der Waals surface area contributed by atoms with Gasteiger partial charge >= 0.3 is 0 Å². The number of hydrogen-bond donors (Lipinski definition) is 0. The topological polar surface area (TPSA) is 86.7 Å². The number of hydrogen-bond acceptors (Lipinski definition) is 6. The monoisotopic (exact) mass is 589 g/mol. The maximum absolute atomic E-state index is 14.0. The number of fused-ring (bicyclic) bond motifs is 3. The summed E-state index contributed by atoms with van der Waals surface area (Å²) >= 11 is 1.33. The molecule has 7 nitrogen and oxygen atoms in total. The Balaban J connectivity index is 1.27. The van der Waals surface area contributed by atoms with Crippen LogP contribution in [0.25, 0.3) is 11.8 Å². The van der Waals surface area contributed by atoms with Gasteiger partial charge in [0.25, 0.3) is 11.2 Å². The molecular weight excluding hydrogens is 565 g/mol. The Hall–Kier alpha value is -5.15. The predicted octanol–water partition coefficient (Wildman–Crippen LogP) is 5.95. The van der Waals surface area contributed by atoms with Crippen molar-refractivity contribution in [3.63, 3.8) is 0 Å². The fraction of sp³-hybridized carbons (Fsp3) is 0.118. The molecule has 0 fully saturated rings. The van der Waals surface area contributed by atoms with E-state index in [-0.39, 0.29) is 29.7 Å². The molecule has 1 aromatic heterocycles. The number of ether oxygens (including phenoxy) is 1. The summed E-state index contributed by atoms with van der Waals surface area (Å²) in [5, 5.41) is 10.9. The number of benzene rings is 4. The van der Waals surface area contributed by atoms with Crippen molar-refractivity contribution in [1.82, 2.24) is 4.57 Å². The molecule has 2 aliphatic rings. The molecular formula is C34H24FN3O4S. The van der Waals surface area contributed by atoms with Gasteiger partial charge in [0.05, 0.1) is 21.2 Å². The van der Waals surface area contributed by atoms with Gasteiger partial charge in [0.15, 0.2) is 4.80 Å². The van der Waals surface area contributed by atoms with Crippen LogP contribution in [0.5, 0.6) is 5.75 Å². The molecule has 0 unspecified atom stereocenters. The first-order valence-electron chi connectivity index (χ1n) is 13.8. The van der Waals surface area contributed by atoms with Gasteiger partial charge in [-0.25, -0.2) is 9.38 Å². The second-order valence-corrected chi connectivity index (χ2v) is 11.5. The Bertz CT molecular complexity index is 2100. The van der Waals surface area contributed by atoms with Crippen molar-refractivity contribution in [2.24, 2.45) is 4.99 Å². The van der Waals surface area contributed by atoms with Crippen molar-refractivity contribution < 1.29 is 14.1 Å². The lowest BCUT2D eigenvalue weighted by molar-refractivity contribution is -0.384. The zero-order valence-corrected chi connectivity index (χ0v) is 23.6. The average Bonchev–Trinajstić information content (AvgIpc) is 3.33. The summed E-state index contributed by atoms with van der Waals surface area (Å²) < 4.78 is 22.1. The van der Waals surface area contributed by atoms with Crippen molar-refractivity contribution in [2.45, 2.75) is 25.5 Å². The first-order chi connectivity index (χ1) is 20.9. The number of aromatic nitrogens is 1. The Kier molecular flexibility index (Phi) is 6.79. The average molecular weight is 590 g/mol. The number of allylic oxidation sites excluding steroid dienone is 1. The van der Waals surface area contributed by atoms with E-state index in [4.69, 9.17) is 9.73 Å². The van der Waals surface area contributed by atoms with Gasteiger partial charge in [0.1, 0.15) is 18.2 Å². The van der Waals surface area contributed by atoms with E-state index in [1.165, 1.54) is 41.2 Å². The fourth-order valence-electron chi connectivity index (χ4n) is 5.69. The van der Waals surface area contributed by atoms with E-state index in [9.17, 15) is 19.3 Å². The van der Waals surface area contributed by atoms with Crippen LogP contribution in [0.4, 0.5) is 10.1 Å². The van der Waals surface area contributed by atoms with Crippen molar-refractivity contribution in [3.8, 4) is 5.75 Å². The molecule has 212 valence electrons. The minimum atomic E-state index is -0.436. The van der Waals surface area contributed by atoms with E-state index in [0.29, 0.717) is 15.1 Å². The van der Waals surface area contributed by atoms with Gasteiger partial charge in [-0.2, -0.15) is 0 Å². The quantitative estimate of drug-likeness (QED) is 0.181. The molecule has 1 aliphatic carbocycles. The minimum absolute atomic E-state index is 0.0268. The number of thiazole rings is 1. The van der Waals surface area contributed by atoms with Crippen LogP contribution in [-0.4, -0.2) is 9.49 Å². The van der Waals surface area contributed by atoms with Crippen LogP contribution in [0.3, 0.4) is 0 Å². The lowest BCUT2D eigenvalue weighted by atomic mass is 9.83. The number of halogens is 1. The Morgan fingerprint density at radius 3 is 2.58 bits per heavy atom. The summed E-state index contributed by atoms with van der Waals surface area (Å²) in [4.78, 5) is 30.1. The molecule has 43 heavy (non-hydrogen) atoms. The van der Waals surface area contributed by atoms with E-state index in [1.807, 2.05) is 42.5 Å². The van der Waals surface area contributed by atoms with E-state index in [0.717, 1.165) is 46.4 Å². The Morgan fingerprint density at radius 2 is 1.79 bits per heavy atom. The van der Waals surface area contributed by atoms with E-state index in [1.54, 1.807) is 28.8 Å². The first kappa shape index (κ1) is 26.7. The molecule has 0 radical (unpaired) electrons. The number of nitro benzene ring substituents is 1. The Labute approximate surface area is 249 Å². The van der Waals surface area contributed by atoms with Crippen LogP contribution in [0.2, 0.25) is 0 Å². The molecule has 0 N–H and O–H groups in total. The highest BCUT2D eigenvalue weighted by Gasteiger charge is 2.32. The van der Waals surface area contributed by atoms with Crippen molar-refractivity contribution in [1.29, 1.82) is 0 Å². The SMILES string of the molecule is O=c1/c(=C\c2cccc(OCc3ccc([N+](=O)[O-])cc3)c2)sc2n1[C@@H](c1ccc(F)cc1)C1=C(N=2)c2ccccc2CC1. The predicted molar refractivity (Wildman–Crippen MR) is 163 cm³/mol. The first-order valence-corrected chi connectivity index (χ1v) is 14.6. The van der Waals surface area contributed by atoms with Gasteiger partial charge in [-0.3, -0.25) is 19.5 Å². The second kappa shape index (κ2) is 10.9. The third-order valence-corrected chi connectivity index (χ3v) is 8.75. The maximum atomic E-state index is 14.0. The van der Waals surface area contributed by atoms with Crippen LogP contribution in [0.1, 0.15) is 40.3 Å². The highest BCUT2D eigenvalue weighted by atomic mass is 32.1. The summed E-state index contributed by atoms with van der Waals surface area (Å²) in [5.41, 5.74) is 6.57. The van der Waals surface area contributed by atoms with E-state index in [2.05, 4.69) is 12.1 Å². The molecule has 4 aromatic carbocycles. The standard InChI is InChI=1S/C34H24FN3O4S/c35-25-13-10-24(11-14-25)32-29-17-12-23-5-1-2-7-28(23)31(29)36-34-37(32)33(39)30(43-34)19-22-4-3-6-27(18-22)42-20-21-8-15-26(16-9-21)38(40)41/h1-11,13-16,18-19,32H,12,17,20H2/b30-19+/t32-/m0/s1. The molecule has 2 heterocycles. The molecule has 0 amide bonds. The largest absolute Gasteiger partial charge is 0.489 e. The Morgan fingerprint density at radius 1 is 1.00 bits per heavy atom. The van der Waals surface area contributed by atoms with E-state index < -0.39 is 4.92 Å². The molecule has 5 aromatic rings. The molecule has 0 saturated heterocycles. The van der Waals surface area contributed by atoms with Gasteiger partial charge in [0.2, 0.25) is 0 Å². The zero-order chi connectivity index (χ0) is 29.5. The van der Waals surface area contributed by atoms with Crippen LogP contribution >= 0.6 is 11.3 Å². The molecule has 0 spiro atoms. The van der Waals surface area contributed by atoms with Crippen LogP contribution < -0.4 is 19.6 Å². The summed E-state index contributed by atoms with van der Waals surface area (Å²) in [6, 6.07) is 27.9. The number of nitrogens with zero attached hydrogens (tertiary/aromatic N) is 3. The second-order valence-electron chi connectivity index (χ2n) is 10.4. The molecule has 1 atom stereocenters.